The van der Waals surface area contributed by atoms with Crippen LogP contribution in [0.15, 0.2) is 63.5 Å². The lowest BCUT2D eigenvalue weighted by molar-refractivity contribution is 0.154. The minimum atomic E-state index is 0.0594. The highest BCUT2D eigenvalue weighted by molar-refractivity contribution is 7.13. The number of pyridine rings is 1. The molecule has 0 atom stereocenters. The van der Waals surface area contributed by atoms with Gasteiger partial charge in [0.05, 0.1) is 22.9 Å². The normalized spacial score (nSPS) is 14.8. The quantitative estimate of drug-likeness (QED) is 0.296. The zero-order valence-electron chi connectivity index (χ0n) is 26.4. The highest BCUT2D eigenvalue weighted by Gasteiger charge is 2.14. The van der Waals surface area contributed by atoms with Crippen molar-refractivity contribution in [2.24, 2.45) is 11.3 Å². The van der Waals surface area contributed by atoms with Crippen LogP contribution in [-0.2, 0) is 0 Å². The van der Waals surface area contributed by atoms with Crippen molar-refractivity contribution in [2.75, 3.05) is 5.32 Å². The third-order valence-electron chi connectivity index (χ3n) is 6.37. The van der Waals surface area contributed by atoms with Gasteiger partial charge in [-0.25, -0.2) is 0 Å². The number of hydrogen-bond donors (Lipinski definition) is 1. The summed E-state index contributed by atoms with van der Waals surface area (Å²) in [5, 5.41) is 3.10. The van der Waals surface area contributed by atoms with Gasteiger partial charge in [-0.1, -0.05) is 63.9 Å². The van der Waals surface area contributed by atoms with Crippen LogP contribution in [0.2, 0.25) is 0 Å². The van der Waals surface area contributed by atoms with Gasteiger partial charge in [-0.05, 0) is 90.6 Å². The Kier molecular flexibility index (Phi) is 20.5. The number of nitrogens with zero attached hydrogens (tertiary/aromatic N) is 1. The van der Waals surface area contributed by atoms with E-state index in [1.54, 1.807) is 17.5 Å². The van der Waals surface area contributed by atoms with Gasteiger partial charge in [0, 0.05) is 16.0 Å². The smallest absolute Gasteiger partial charge is 0.138 e. The molecule has 2 saturated carbocycles. The Bertz CT molecular complexity index is 977. The summed E-state index contributed by atoms with van der Waals surface area (Å²) >= 11 is 1.71. The Balaban J connectivity index is 0.000000562. The predicted octanol–water partition coefficient (Wildman–Crippen LogP) is 11.3. The van der Waals surface area contributed by atoms with E-state index in [-0.39, 0.29) is 5.41 Å². The summed E-state index contributed by atoms with van der Waals surface area (Å²) in [7, 11) is 0. The van der Waals surface area contributed by atoms with Crippen LogP contribution in [0.4, 0.5) is 5.69 Å². The van der Waals surface area contributed by atoms with Crippen molar-refractivity contribution in [3.8, 4) is 17.6 Å². The molecule has 0 amide bonds. The highest BCUT2D eigenvalue weighted by Crippen LogP contribution is 2.26. The van der Waals surface area contributed by atoms with E-state index in [9.17, 15) is 0 Å². The van der Waals surface area contributed by atoms with E-state index in [1.165, 1.54) is 69.1 Å². The first-order valence-corrected chi connectivity index (χ1v) is 15.6. The lowest BCUT2D eigenvalue weighted by Gasteiger charge is -2.22. The van der Waals surface area contributed by atoms with Crippen LogP contribution < -0.4 is 10.1 Å². The minimum Gasteiger partial charge on any atom is -0.489 e. The molecule has 4 heteroatoms. The first kappa shape index (κ1) is 37.2. The molecule has 2 aromatic heterocycles. The predicted molar refractivity (Wildman–Crippen MR) is 180 cm³/mol. The summed E-state index contributed by atoms with van der Waals surface area (Å²) in [4.78, 5) is 6.57. The Morgan fingerprint density at radius 3 is 1.98 bits per heavy atom. The molecule has 0 bridgehead atoms. The third-order valence-corrected chi connectivity index (χ3v) is 7.33. The molecule has 2 fully saturated rings. The molecule has 0 saturated heterocycles. The fourth-order valence-electron chi connectivity index (χ4n) is 4.25. The second-order valence-electron chi connectivity index (χ2n) is 11.2. The molecular formula is C36H56N2OS. The molecule has 0 radical (unpaired) electrons. The first-order valence-electron chi connectivity index (χ1n) is 14.8. The van der Waals surface area contributed by atoms with E-state index >= 15 is 0 Å². The summed E-state index contributed by atoms with van der Waals surface area (Å²) in [5.74, 6) is 8.38. The van der Waals surface area contributed by atoms with Gasteiger partial charge in [0.25, 0.3) is 0 Å². The second-order valence-corrected chi connectivity index (χ2v) is 12.4. The van der Waals surface area contributed by atoms with Crippen molar-refractivity contribution in [2.45, 2.75) is 112 Å². The number of hydrogen-bond acceptors (Lipinski definition) is 4. The monoisotopic (exact) mass is 564 g/mol. The number of aromatic nitrogens is 1. The van der Waals surface area contributed by atoms with Crippen LogP contribution in [0, 0.1) is 37.0 Å². The number of thiophene rings is 1. The average Bonchev–Trinajstić information content (AvgIpc) is 3.32. The molecule has 2 heterocycles. The van der Waals surface area contributed by atoms with Crippen molar-refractivity contribution in [1.82, 2.24) is 4.98 Å². The van der Waals surface area contributed by atoms with Crippen molar-refractivity contribution >= 4 is 17.0 Å². The van der Waals surface area contributed by atoms with Crippen molar-refractivity contribution in [3.63, 3.8) is 0 Å². The van der Waals surface area contributed by atoms with E-state index in [0.717, 1.165) is 27.9 Å². The molecule has 4 rings (SSSR count). The Morgan fingerprint density at radius 2 is 1.52 bits per heavy atom. The molecule has 222 valence electrons. The van der Waals surface area contributed by atoms with Crippen molar-refractivity contribution in [1.29, 1.82) is 0 Å². The number of anilines is 1. The molecule has 2 aliphatic rings. The number of rotatable bonds is 4. The van der Waals surface area contributed by atoms with Crippen molar-refractivity contribution < 1.29 is 4.74 Å². The standard InChI is InChI=1S/C13H17NS.C12H17NO.C7H14.2C2H4/c1-6-14-12-9-11(15-10(12)2)7-8-13(3,4)5;1-10-7-8-12(9-13-10)14-11-5-3-2-4-6-11;1-7-5-3-2-4-6-7;2*1-2/h6,9,14H,1H2,2-5H3;7-9,11H,2-6H2,1H3;7H,2-6H2,1H3;2*1-2H2. The fourth-order valence-corrected chi connectivity index (χ4v) is 5.09. The molecule has 0 aromatic carbocycles. The van der Waals surface area contributed by atoms with Gasteiger partial charge in [-0.15, -0.1) is 37.7 Å². The summed E-state index contributed by atoms with van der Waals surface area (Å²) in [5.41, 5.74) is 2.21. The Labute approximate surface area is 251 Å². The zero-order valence-corrected chi connectivity index (χ0v) is 27.2. The minimum absolute atomic E-state index is 0.0594. The van der Waals surface area contributed by atoms with Crippen LogP contribution in [-0.4, -0.2) is 11.1 Å². The summed E-state index contributed by atoms with van der Waals surface area (Å²) in [6.45, 7) is 28.4. The van der Waals surface area contributed by atoms with Crippen LogP contribution in [0.1, 0.15) is 107 Å². The van der Waals surface area contributed by atoms with E-state index in [1.807, 2.05) is 25.3 Å². The molecule has 2 aromatic rings. The third kappa shape index (κ3) is 17.7. The van der Waals surface area contributed by atoms with Crippen LogP contribution in [0.25, 0.3) is 0 Å². The Hall–Kier alpha value is -2.77. The number of ether oxygens (including phenoxy) is 1. The maximum Gasteiger partial charge on any atom is 0.138 e. The highest BCUT2D eigenvalue weighted by atomic mass is 32.1. The topological polar surface area (TPSA) is 34.1 Å². The van der Waals surface area contributed by atoms with E-state index in [4.69, 9.17) is 4.74 Å². The molecule has 3 nitrogen and oxygen atoms in total. The van der Waals surface area contributed by atoms with Gasteiger partial charge >= 0.3 is 0 Å². The molecule has 40 heavy (non-hydrogen) atoms. The van der Waals surface area contributed by atoms with Crippen LogP contribution in [0.5, 0.6) is 5.75 Å². The van der Waals surface area contributed by atoms with Gasteiger partial charge in [-0.2, -0.15) is 0 Å². The fraction of sp³-hybridized carbons (Fsp3) is 0.528. The first-order chi connectivity index (χ1) is 19.2. The van der Waals surface area contributed by atoms with Gasteiger partial charge in [0.2, 0.25) is 0 Å². The number of aryl methyl sites for hydroxylation is 2. The van der Waals surface area contributed by atoms with Crippen LogP contribution >= 0.6 is 11.3 Å². The van der Waals surface area contributed by atoms with Crippen LogP contribution in [0.3, 0.4) is 0 Å². The van der Waals surface area contributed by atoms with E-state index < -0.39 is 0 Å². The molecule has 0 aliphatic heterocycles. The summed E-state index contributed by atoms with van der Waals surface area (Å²) in [6, 6.07) is 6.08. The largest absolute Gasteiger partial charge is 0.489 e. The SMILES string of the molecule is C=C.C=C.C=CNc1cc(C#CC(C)(C)C)sc1C.CC1CCCCC1.Cc1ccc(OC2CCCCC2)cn1. The van der Waals surface area contributed by atoms with Gasteiger partial charge in [0.15, 0.2) is 0 Å². The molecule has 0 unspecified atom stereocenters. The Morgan fingerprint density at radius 1 is 0.950 bits per heavy atom. The number of nitrogens with one attached hydrogen (secondary N) is 1. The van der Waals surface area contributed by atoms with E-state index in [2.05, 4.69) is 95.7 Å². The zero-order chi connectivity index (χ0) is 30.4. The second kappa shape index (κ2) is 22.0. The maximum atomic E-state index is 5.85. The molecule has 1 N–H and O–H groups in total. The molecule has 2 aliphatic carbocycles. The summed E-state index contributed by atoms with van der Waals surface area (Å²) < 4.78 is 5.85. The lowest BCUT2D eigenvalue weighted by atomic mass is 9.91. The maximum absolute atomic E-state index is 5.85. The molecular weight excluding hydrogens is 508 g/mol. The van der Waals surface area contributed by atoms with E-state index in [0.29, 0.717) is 6.10 Å². The molecule has 0 spiro atoms. The van der Waals surface area contributed by atoms with Crippen molar-refractivity contribution in [3.05, 3.63) is 78.9 Å². The lowest BCUT2D eigenvalue weighted by Crippen LogP contribution is -2.19. The van der Waals surface area contributed by atoms with Gasteiger partial charge in [-0.3, -0.25) is 4.98 Å². The van der Waals surface area contributed by atoms with Gasteiger partial charge in [0.1, 0.15) is 5.75 Å². The van der Waals surface area contributed by atoms with Gasteiger partial charge < -0.3 is 10.1 Å². The average molecular weight is 565 g/mol. The summed E-state index contributed by atoms with van der Waals surface area (Å²) in [6.07, 6.45) is 17.8.